The highest BCUT2D eigenvalue weighted by atomic mass is 32.1. The lowest BCUT2D eigenvalue weighted by Gasteiger charge is -2.22. The van der Waals surface area contributed by atoms with Gasteiger partial charge in [0.15, 0.2) is 0 Å². The second-order valence-electron chi connectivity index (χ2n) is 3.25. The van der Waals surface area contributed by atoms with E-state index in [9.17, 15) is 0 Å². The Kier molecular flexibility index (Phi) is 2.68. The first kappa shape index (κ1) is 8.13. The Labute approximate surface area is 76.4 Å². The maximum Gasteiger partial charge on any atom is 0.0770 e. The molecular weight excluding hydrogens is 170 g/mol. The third kappa shape index (κ3) is 2.01. The van der Waals surface area contributed by atoms with E-state index in [0.717, 1.165) is 12.1 Å². The summed E-state index contributed by atoms with van der Waals surface area (Å²) in [4.78, 5) is 0. The lowest BCUT2D eigenvalue weighted by Crippen LogP contribution is -2.35. The van der Waals surface area contributed by atoms with E-state index >= 15 is 0 Å². The number of piperidine rings is 1. The van der Waals surface area contributed by atoms with Gasteiger partial charge in [-0.05, 0) is 30.9 Å². The summed E-state index contributed by atoms with van der Waals surface area (Å²) in [5, 5.41) is 9.57. The van der Waals surface area contributed by atoms with Crippen molar-refractivity contribution >= 4 is 11.5 Å². The van der Waals surface area contributed by atoms with Crippen molar-refractivity contribution in [2.45, 2.75) is 31.7 Å². The molecule has 66 valence electrons. The fraction of sp³-hybridized carbons (Fsp3) is 0.750. The molecule has 1 atom stereocenters. The van der Waals surface area contributed by atoms with Gasteiger partial charge in [0.2, 0.25) is 0 Å². The third-order valence-corrected chi connectivity index (χ3v) is 2.83. The van der Waals surface area contributed by atoms with Crippen molar-refractivity contribution in [3.05, 3.63) is 11.1 Å². The van der Waals surface area contributed by atoms with E-state index in [1.54, 1.807) is 0 Å². The molecule has 0 radical (unpaired) electrons. The van der Waals surface area contributed by atoms with Crippen LogP contribution in [-0.4, -0.2) is 22.2 Å². The van der Waals surface area contributed by atoms with Gasteiger partial charge in [-0.15, -0.1) is 5.10 Å². The minimum Gasteiger partial charge on any atom is -0.314 e. The van der Waals surface area contributed by atoms with Gasteiger partial charge < -0.3 is 5.32 Å². The highest BCUT2D eigenvalue weighted by molar-refractivity contribution is 7.03. The summed E-state index contributed by atoms with van der Waals surface area (Å²) in [6.45, 7) is 1.17. The van der Waals surface area contributed by atoms with Crippen LogP contribution in [0.15, 0.2) is 5.38 Å². The van der Waals surface area contributed by atoms with Gasteiger partial charge in [0.05, 0.1) is 5.69 Å². The Morgan fingerprint density at radius 2 is 2.58 bits per heavy atom. The van der Waals surface area contributed by atoms with Crippen LogP contribution in [0.1, 0.15) is 25.0 Å². The highest BCUT2D eigenvalue weighted by Crippen LogP contribution is 2.11. The molecule has 1 aliphatic rings. The van der Waals surface area contributed by atoms with Gasteiger partial charge in [0.25, 0.3) is 0 Å². The Morgan fingerprint density at radius 3 is 3.25 bits per heavy atom. The summed E-state index contributed by atoms with van der Waals surface area (Å²) >= 11 is 1.44. The van der Waals surface area contributed by atoms with Gasteiger partial charge in [0, 0.05) is 17.8 Å². The van der Waals surface area contributed by atoms with E-state index in [-0.39, 0.29) is 0 Å². The molecule has 1 unspecified atom stereocenters. The van der Waals surface area contributed by atoms with Gasteiger partial charge in [-0.3, -0.25) is 0 Å². The van der Waals surface area contributed by atoms with Gasteiger partial charge >= 0.3 is 0 Å². The molecule has 1 aromatic rings. The zero-order valence-electron chi connectivity index (χ0n) is 6.99. The van der Waals surface area contributed by atoms with Crippen LogP contribution in [0, 0.1) is 0 Å². The maximum absolute atomic E-state index is 4.04. The van der Waals surface area contributed by atoms with Crippen LogP contribution in [0.5, 0.6) is 0 Å². The summed E-state index contributed by atoms with van der Waals surface area (Å²) in [6.07, 6.45) is 5.02. The first-order valence-corrected chi connectivity index (χ1v) is 5.28. The minimum absolute atomic E-state index is 0.641. The first-order chi connectivity index (χ1) is 5.95. The molecular formula is C8H13N3S. The fourth-order valence-electron chi connectivity index (χ4n) is 1.62. The van der Waals surface area contributed by atoms with Gasteiger partial charge in [-0.2, -0.15) is 0 Å². The van der Waals surface area contributed by atoms with Crippen molar-refractivity contribution in [3.63, 3.8) is 0 Å². The molecule has 1 aliphatic heterocycles. The summed E-state index contributed by atoms with van der Waals surface area (Å²) in [7, 11) is 0. The molecule has 2 rings (SSSR count). The van der Waals surface area contributed by atoms with E-state index in [1.165, 1.54) is 37.3 Å². The summed E-state index contributed by atoms with van der Waals surface area (Å²) in [5.41, 5.74) is 1.14. The monoisotopic (exact) mass is 183 g/mol. The molecule has 0 spiro atoms. The molecule has 1 N–H and O–H groups in total. The van der Waals surface area contributed by atoms with Crippen molar-refractivity contribution in [2.24, 2.45) is 0 Å². The quantitative estimate of drug-likeness (QED) is 0.749. The number of rotatable bonds is 2. The zero-order valence-corrected chi connectivity index (χ0v) is 7.81. The van der Waals surface area contributed by atoms with Crippen molar-refractivity contribution in [3.8, 4) is 0 Å². The normalized spacial score (nSPS) is 24.2. The van der Waals surface area contributed by atoms with Crippen LogP contribution < -0.4 is 5.32 Å². The number of hydrogen-bond acceptors (Lipinski definition) is 4. The second-order valence-corrected chi connectivity index (χ2v) is 3.86. The highest BCUT2D eigenvalue weighted by Gasteiger charge is 2.13. The SMILES string of the molecule is c1snnc1CC1CCCCN1. The van der Waals surface area contributed by atoms with Crippen LogP contribution in [0.2, 0.25) is 0 Å². The molecule has 3 nitrogen and oxygen atoms in total. The van der Waals surface area contributed by atoms with Gasteiger partial charge in [-0.1, -0.05) is 10.9 Å². The molecule has 0 aliphatic carbocycles. The largest absolute Gasteiger partial charge is 0.314 e. The number of nitrogens with one attached hydrogen (secondary N) is 1. The number of nitrogens with zero attached hydrogens (tertiary/aromatic N) is 2. The third-order valence-electron chi connectivity index (χ3n) is 2.27. The van der Waals surface area contributed by atoms with E-state index in [4.69, 9.17) is 0 Å². The fourth-order valence-corrected chi connectivity index (χ4v) is 2.09. The van der Waals surface area contributed by atoms with Crippen molar-refractivity contribution in [1.29, 1.82) is 0 Å². The Balaban J connectivity index is 1.86. The predicted octanol–water partition coefficient (Wildman–Crippen LogP) is 1.22. The van der Waals surface area contributed by atoms with Crippen LogP contribution >= 0.6 is 11.5 Å². The smallest absolute Gasteiger partial charge is 0.0770 e. The molecule has 1 fully saturated rings. The lowest BCUT2D eigenvalue weighted by atomic mass is 10.0. The van der Waals surface area contributed by atoms with Crippen molar-refractivity contribution in [2.75, 3.05) is 6.54 Å². The van der Waals surface area contributed by atoms with Crippen molar-refractivity contribution in [1.82, 2.24) is 14.9 Å². The number of aromatic nitrogens is 2. The van der Waals surface area contributed by atoms with Crippen LogP contribution in [-0.2, 0) is 6.42 Å². The molecule has 0 bridgehead atoms. The van der Waals surface area contributed by atoms with E-state index in [2.05, 4.69) is 14.9 Å². The second kappa shape index (κ2) is 3.96. The standard InChI is InChI=1S/C8H13N3S/c1-2-4-9-7(3-1)5-8-6-12-11-10-8/h6-7,9H,1-5H2. The Hall–Kier alpha value is -0.480. The molecule has 0 saturated carbocycles. The van der Waals surface area contributed by atoms with E-state index in [0.29, 0.717) is 6.04 Å². The maximum atomic E-state index is 4.04. The van der Waals surface area contributed by atoms with Crippen LogP contribution in [0.3, 0.4) is 0 Å². The van der Waals surface area contributed by atoms with Crippen molar-refractivity contribution < 1.29 is 0 Å². The predicted molar refractivity (Wildman–Crippen MR) is 49.3 cm³/mol. The summed E-state index contributed by atoms with van der Waals surface area (Å²) in [6, 6.07) is 0.641. The Bertz CT molecular complexity index is 216. The van der Waals surface area contributed by atoms with Crippen LogP contribution in [0.4, 0.5) is 0 Å². The zero-order chi connectivity index (χ0) is 8.23. The molecule has 12 heavy (non-hydrogen) atoms. The lowest BCUT2D eigenvalue weighted by molar-refractivity contribution is 0.397. The molecule has 1 saturated heterocycles. The van der Waals surface area contributed by atoms with Gasteiger partial charge in [-0.25, -0.2) is 0 Å². The molecule has 0 aromatic carbocycles. The number of hydrogen-bond donors (Lipinski definition) is 1. The average Bonchev–Trinajstić information content (AvgIpc) is 2.59. The minimum atomic E-state index is 0.641. The van der Waals surface area contributed by atoms with Crippen LogP contribution in [0.25, 0.3) is 0 Å². The van der Waals surface area contributed by atoms with E-state index in [1.807, 2.05) is 5.38 Å². The average molecular weight is 183 g/mol. The summed E-state index contributed by atoms with van der Waals surface area (Å²) in [5.74, 6) is 0. The molecule has 4 heteroatoms. The summed E-state index contributed by atoms with van der Waals surface area (Å²) < 4.78 is 3.85. The Morgan fingerprint density at radius 1 is 1.58 bits per heavy atom. The molecule has 1 aromatic heterocycles. The van der Waals surface area contributed by atoms with Gasteiger partial charge in [0.1, 0.15) is 0 Å². The molecule has 2 heterocycles. The molecule has 0 amide bonds. The van der Waals surface area contributed by atoms with E-state index < -0.39 is 0 Å². The first-order valence-electron chi connectivity index (χ1n) is 4.44. The topological polar surface area (TPSA) is 37.8 Å².